The highest BCUT2D eigenvalue weighted by molar-refractivity contribution is 5.97. The Bertz CT molecular complexity index is 444. The number of nitrogens with zero attached hydrogens (tertiary/aromatic N) is 1. The van der Waals surface area contributed by atoms with E-state index < -0.39 is 0 Å². The van der Waals surface area contributed by atoms with Gasteiger partial charge in [0.2, 0.25) is 5.91 Å². The highest BCUT2D eigenvalue weighted by Crippen LogP contribution is 2.44. The first kappa shape index (κ1) is 16.0. The second-order valence-electron chi connectivity index (χ2n) is 5.01. The molecule has 2 rings (SSSR count). The highest BCUT2D eigenvalue weighted by atomic mass is 35.5. The number of nitrogens with one attached hydrogen (secondary N) is 1. The first-order valence-electron chi connectivity index (χ1n) is 6.73. The van der Waals surface area contributed by atoms with Crippen LogP contribution in [0.5, 0.6) is 0 Å². The molecule has 1 aromatic rings. The Labute approximate surface area is 121 Å². The van der Waals surface area contributed by atoms with Crippen molar-refractivity contribution in [3.63, 3.8) is 0 Å². The third-order valence-corrected chi connectivity index (χ3v) is 4.21. The Hall–Kier alpha value is -1.06. The number of halogens is 1. The minimum absolute atomic E-state index is 0. The monoisotopic (exact) mass is 282 g/mol. The van der Waals surface area contributed by atoms with Crippen molar-refractivity contribution in [2.45, 2.75) is 32.1 Å². The first-order chi connectivity index (χ1) is 8.68. The van der Waals surface area contributed by atoms with Crippen LogP contribution in [0.1, 0.15) is 32.3 Å². The predicted octanol–water partition coefficient (Wildman–Crippen LogP) is 2.73. The van der Waals surface area contributed by atoms with E-state index in [-0.39, 0.29) is 23.7 Å². The zero-order chi connectivity index (χ0) is 13.2. The van der Waals surface area contributed by atoms with Gasteiger partial charge in [0.25, 0.3) is 0 Å². The standard InChI is InChI=1S/C15H22N2O.ClH/c1-4-15(5-2)11-17(14(18)10-16-3)13-9-7-6-8-12(13)15;/h6-9,16H,4-5,10-11H2,1-3H3;1H. The average Bonchev–Trinajstić information content (AvgIpc) is 2.75. The summed E-state index contributed by atoms with van der Waals surface area (Å²) < 4.78 is 0. The first-order valence-corrected chi connectivity index (χ1v) is 6.73. The highest BCUT2D eigenvalue weighted by Gasteiger charge is 2.41. The SMILES string of the molecule is CCC1(CC)CN(C(=O)CNC)c2ccccc21.Cl. The molecule has 19 heavy (non-hydrogen) atoms. The summed E-state index contributed by atoms with van der Waals surface area (Å²) in [5.41, 5.74) is 2.57. The fourth-order valence-electron chi connectivity index (χ4n) is 2.95. The van der Waals surface area contributed by atoms with Crippen molar-refractivity contribution in [2.75, 3.05) is 25.0 Å². The van der Waals surface area contributed by atoms with Gasteiger partial charge in [0.05, 0.1) is 6.54 Å². The van der Waals surface area contributed by atoms with Crippen LogP contribution >= 0.6 is 12.4 Å². The van der Waals surface area contributed by atoms with Gasteiger partial charge in [-0.2, -0.15) is 0 Å². The normalized spacial score (nSPS) is 15.8. The second kappa shape index (κ2) is 6.40. The third kappa shape index (κ3) is 2.63. The Morgan fingerprint density at radius 1 is 1.32 bits per heavy atom. The summed E-state index contributed by atoms with van der Waals surface area (Å²) in [6.07, 6.45) is 2.15. The fourth-order valence-corrected chi connectivity index (χ4v) is 2.95. The number of carbonyl (C=O) groups is 1. The Balaban J connectivity index is 0.00000180. The molecular weight excluding hydrogens is 260 g/mol. The van der Waals surface area contributed by atoms with Crippen LogP contribution in [0, 0.1) is 0 Å². The van der Waals surface area contributed by atoms with Crippen LogP contribution in [0.3, 0.4) is 0 Å². The number of para-hydroxylation sites is 1. The maximum absolute atomic E-state index is 12.2. The molecule has 1 amide bonds. The molecule has 0 aliphatic carbocycles. The molecule has 0 fully saturated rings. The van der Waals surface area contributed by atoms with Crippen LogP contribution in [0.2, 0.25) is 0 Å². The number of amides is 1. The smallest absolute Gasteiger partial charge is 0.240 e. The van der Waals surface area contributed by atoms with Gasteiger partial charge in [-0.05, 0) is 31.5 Å². The van der Waals surface area contributed by atoms with Crippen LogP contribution in [0.25, 0.3) is 0 Å². The van der Waals surface area contributed by atoms with Crippen LogP contribution < -0.4 is 10.2 Å². The number of benzene rings is 1. The summed E-state index contributed by atoms with van der Waals surface area (Å²) in [6.45, 7) is 5.65. The molecule has 4 heteroatoms. The molecule has 1 heterocycles. The van der Waals surface area contributed by atoms with Gasteiger partial charge in [-0.1, -0.05) is 32.0 Å². The molecule has 0 spiro atoms. The summed E-state index contributed by atoms with van der Waals surface area (Å²) in [5.74, 6) is 0.161. The van der Waals surface area contributed by atoms with Gasteiger partial charge in [-0.15, -0.1) is 12.4 Å². The minimum atomic E-state index is 0. The number of carbonyl (C=O) groups excluding carboxylic acids is 1. The summed E-state index contributed by atoms with van der Waals surface area (Å²) in [7, 11) is 1.81. The topological polar surface area (TPSA) is 32.3 Å². The van der Waals surface area contributed by atoms with Crippen molar-refractivity contribution in [2.24, 2.45) is 0 Å². The van der Waals surface area contributed by atoms with Crippen molar-refractivity contribution in [1.82, 2.24) is 5.32 Å². The molecule has 0 saturated carbocycles. The zero-order valence-electron chi connectivity index (χ0n) is 11.9. The van der Waals surface area contributed by atoms with Crippen LogP contribution in [-0.2, 0) is 10.2 Å². The molecule has 0 saturated heterocycles. The summed E-state index contributed by atoms with van der Waals surface area (Å²) >= 11 is 0. The molecule has 1 N–H and O–H groups in total. The van der Waals surface area contributed by atoms with E-state index in [1.807, 2.05) is 18.0 Å². The predicted molar refractivity (Wildman–Crippen MR) is 82.2 cm³/mol. The lowest BCUT2D eigenvalue weighted by Gasteiger charge is -2.27. The van der Waals surface area contributed by atoms with Gasteiger partial charge in [-0.25, -0.2) is 0 Å². The molecule has 0 bridgehead atoms. The van der Waals surface area contributed by atoms with Gasteiger partial charge in [-0.3, -0.25) is 4.79 Å². The number of likely N-dealkylation sites (N-methyl/N-ethyl adjacent to an activating group) is 1. The van der Waals surface area contributed by atoms with E-state index in [9.17, 15) is 4.79 Å². The third-order valence-electron chi connectivity index (χ3n) is 4.21. The molecule has 1 aromatic carbocycles. The minimum Gasteiger partial charge on any atom is -0.311 e. The molecule has 0 atom stereocenters. The van der Waals surface area contributed by atoms with Gasteiger partial charge in [0, 0.05) is 17.6 Å². The lowest BCUT2D eigenvalue weighted by Crippen LogP contribution is -2.40. The number of anilines is 1. The van der Waals surface area contributed by atoms with E-state index >= 15 is 0 Å². The van der Waals surface area contributed by atoms with Gasteiger partial charge in [0.15, 0.2) is 0 Å². The number of hydrogen-bond donors (Lipinski definition) is 1. The zero-order valence-corrected chi connectivity index (χ0v) is 12.7. The quantitative estimate of drug-likeness (QED) is 0.921. The lowest BCUT2D eigenvalue weighted by molar-refractivity contribution is -0.117. The molecule has 0 unspecified atom stereocenters. The number of hydrogen-bond acceptors (Lipinski definition) is 2. The van der Waals surface area contributed by atoms with Gasteiger partial charge in [0.1, 0.15) is 0 Å². The summed E-state index contributed by atoms with van der Waals surface area (Å²) in [6, 6.07) is 8.33. The van der Waals surface area contributed by atoms with E-state index in [1.54, 1.807) is 0 Å². The fraction of sp³-hybridized carbons (Fsp3) is 0.533. The van der Waals surface area contributed by atoms with Crippen molar-refractivity contribution >= 4 is 24.0 Å². The summed E-state index contributed by atoms with van der Waals surface area (Å²) in [5, 5.41) is 2.95. The largest absolute Gasteiger partial charge is 0.311 e. The van der Waals surface area contributed by atoms with E-state index in [1.165, 1.54) is 5.56 Å². The molecule has 1 aliphatic heterocycles. The summed E-state index contributed by atoms with van der Waals surface area (Å²) in [4.78, 5) is 14.1. The van der Waals surface area contributed by atoms with E-state index in [0.29, 0.717) is 6.54 Å². The lowest BCUT2D eigenvalue weighted by atomic mass is 9.78. The molecule has 1 aliphatic rings. The van der Waals surface area contributed by atoms with Crippen LogP contribution in [-0.4, -0.2) is 26.0 Å². The van der Waals surface area contributed by atoms with Crippen molar-refractivity contribution in [3.8, 4) is 0 Å². The van der Waals surface area contributed by atoms with E-state index in [2.05, 4.69) is 37.4 Å². The second-order valence-corrected chi connectivity index (χ2v) is 5.01. The molecule has 3 nitrogen and oxygen atoms in total. The number of fused-ring (bicyclic) bond motifs is 1. The molecule has 0 aromatic heterocycles. The Kier molecular flexibility index (Phi) is 5.39. The maximum Gasteiger partial charge on any atom is 0.240 e. The van der Waals surface area contributed by atoms with Crippen molar-refractivity contribution in [3.05, 3.63) is 29.8 Å². The average molecular weight is 283 g/mol. The van der Waals surface area contributed by atoms with Crippen LogP contribution in [0.15, 0.2) is 24.3 Å². The molecule has 0 radical (unpaired) electrons. The van der Waals surface area contributed by atoms with E-state index in [0.717, 1.165) is 25.1 Å². The van der Waals surface area contributed by atoms with E-state index in [4.69, 9.17) is 0 Å². The Morgan fingerprint density at radius 3 is 2.53 bits per heavy atom. The van der Waals surface area contributed by atoms with Crippen molar-refractivity contribution < 1.29 is 4.79 Å². The Morgan fingerprint density at radius 2 is 1.95 bits per heavy atom. The maximum atomic E-state index is 12.2. The number of rotatable bonds is 4. The van der Waals surface area contributed by atoms with Crippen molar-refractivity contribution in [1.29, 1.82) is 0 Å². The van der Waals surface area contributed by atoms with Gasteiger partial charge < -0.3 is 10.2 Å². The molecule has 106 valence electrons. The van der Waals surface area contributed by atoms with Crippen LogP contribution in [0.4, 0.5) is 5.69 Å². The van der Waals surface area contributed by atoms with Gasteiger partial charge >= 0.3 is 0 Å². The molecular formula is C15H23ClN2O.